The zero-order valence-electron chi connectivity index (χ0n) is 15.2. The number of benzene rings is 2. The number of ether oxygens (including phenoxy) is 2. The third-order valence-corrected chi connectivity index (χ3v) is 4.04. The second-order valence-electron chi connectivity index (χ2n) is 5.97. The highest BCUT2D eigenvalue weighted by Gasteiger charge is 2.18. The number of Topliss-reactive ketones (excluding diaryl/α,β-unsaturated/α-hetero) is 1. The van der Waals surface area contributed by atoms with Crippen LogP contribution in [-0.4, -0.2) is 25.0 Å². The van der Waals surface area contributed by atoms with Crippen LogP contribution in [0.5, 0.6) is 5.75 Å². The fourth-order valence-corrected chi connectivity index (χ4v) is 2.35. The van der Waals surface area contributed by atoms with E-state index >= 15 is 0 Å². The van der Waals surface area contributed by atoms with E-state index in [2.05, 4.69) is 0 Å². The number of hydrogen-bond donors (Lipinski definition) is 0. The van der Waals surface area contributed by atoms with Gasteiger partial charge in [0.2, 0.25) is 5.78 Å². The Kier molecular flexibility index (Phi) is 6.28. The topological polar surface area (TPSA) is 52.6 Å². The molecule has 0 amide bonds. The number of esters is 1. The van der Waals surface area contributed by atoms with Crippen molar-refractivity contribution in [3.8, 4) is 5.75 Å². The van der Waals surface area contributed by atoms with Gasteiger partial charge in [-0.2, -0.15) is 0 Å². The van der Waals surface area contributed by atoms with Gasteiger partial charge in [-0.3, -0.25) is 4.79 Å². The summed E-state index contributed by atoms with van der Waals surface area (Å²) in [5, 5.41) is 0. The Bertz CT molecular complexity index is 855. The van der Waals surface area contributed by atoms with Crippen molar-refractivity contribution in [2.24, 2.45) is 0 Å². The van der Waals surface area contributed by atoms with Crippen molar-refractivity contribution in [1.82, 2.24) is 0 Å². The predicted molar refractivity (Wildman–Crippen MR) is 97.8 cm³/mol. The van der Waals surface area contributed by atoms with E-state index in [0.717, 1.165) is 17.2 Å². The molecule has 2 aromatic rings. The van der Waals surface area contributed by atoms with Crippen LogP contribution in [0.25, 0.3) is 6.08 Å². The Morgan fingerprint density at radius 1 is 1.08 bits per heavy atom. The summed E-state index contributed by atoms with van der Waals surface area (Å²) in [5.41, 5.74) is 3.06. The van der Waals surface area contributed by atoms with E-state index in [-0.39, 0.29) is 11.5 Å². The quantitative estimate of drug-likeness (QED) is 0.440. The highest BCUT2D eigenvalue weighted by atomic mass is 19.1. The number of carbonyl (C=O) groups is 2. The van der Waals surface area contributed by atoms with Gasteiger partial charge in [-0.15, -0.1) is 0 Å². The first kappa shape index (κ1) is 19.4. The molecule has 2 aromatic carbocycles. The van der Waals surface area contributed by atoms with Crippen molar-refractivity contribution in [2.75, 3.05) is 7.11 Å². The smallest absolute Gasteiger partial charge is 0.331 e. The summed E-state index contributed by atoms with van der Waals surface area (Å²) in [6.45, 7) is 5.40. The standard InChI is InChI=1S/C21H21FO4/c1-13-5-8-17(11-14(13)2)21(24)15(3)26-20(23)10-7-16-6-9-19(25-4)18(22)12-16/h5-12,15H,1-4H3/b10-7+/t15-/m0/s1. The molecule has 0 aliphatic carbocycles. The molecular formula is C21H21FO4. The maximum atomic E-state index is 13.6. The summed E-state index contributed by atoms with van der Waals surface area (Å²) >= 11 is 0. The second kappa shape index (κ2) is 8.43. The summed E-state index contributed by atoms with van der Waals surface area (Å²) in [6, 6.07) is 9.66. The number of halogens is 1. The number of carbonyl (C=O) groups excluding carboxylic acids is 2. The van der Waals surface area contributed by atoms with Crippen LogP contribution in [-0.2, 0) is 9.53 Å². The molecule has 0 N–H and O–H groups in total. The van der Waals surface area contributed by atoms with Crippen LogP contribution < -0.4 is 4.74 Å². The molecule has 0 aromatic heterocycles. The van der Waals surface area contributed by atoms with Gasteiger partial charge in [-0.25, -0.2) is 9.18 Å². The molecule has 136 valence electrons. The third kappa shape index (κ3) is 4.79. The molecule has 0 radical (unpaired) electrons. The number of aryl methyl sites for hydroxylation is 2. The second-order valence-corrected chi connectivity index (χ2v) is 5.97. The summed E-state index contributed by atoms with van der Waals surface area (Å²) < 4.78 is 23.6. The van der Waals surface area contributed by atoms with E-state index in [1.54, 1.807) is 18.2 Å². The molecule has 26 heavy (non-hydrogen) atoms. The Balaban J connectivity index is 2.00. The third-order valence-electron chi connectivity index (χ3n) is 4.04. The summed E-state index contributed by atoms with van der Waals surface area (Å²) in [6.07, 6.45) is 1.66. The van der Waals surface area contributed by atoms with Crippen molar-refractivity contribution in [1.29, 1.82) is 0 Å². The molecule has 0 aliphatic rings. The predicted octanol–water partition coefficient (Wildman–Crippen LogP) is 4.28. The first-order chi connectivity index (χ1) is 12.3. The van der Waals surface area contributed by atoms with Crippen LogP contribution in [0.15, 0.2) is 42.5 Å². The SMILES string of the molecule is COc1ccc(/C=C/C(=O)O[C@@H](C)C(=O)c2ccc(C)c(C)c2)cc1F. The van der Waals surface area contributed by atoms with E-state index < -0.39 is 17.9 Å². The molecule has 5 heteroatoms. The monoisotopic (exact) mass is 356 g/mol. The van der Waals surface area contributed by atoms with E-state index in [4.69, 9.17) is 9.47 Å². The lowest BCUT2D eigenvalue weighted by molar-refractivity contribution is -0.140. The van der Waals surface area contributed by atoms with Gasteiger partial charge in [-0.05, 0) is 61.7 Å². The van der Waals surface area contributed by atoms with Crippen LogP contribution in [0.1, 0.15) is 34.0 Å². The van der Waals surface area contributed by atoms with Gasteiger partial charge in [0.25, 0.3) is 0 Å². The molecular weight excluding hydrogens is 335 g/mol. The number of hydrogen-bond acceptors (Lipinski definition) is 4. The van der Waals surface area contributed by atoms with Gasteiger partial charge in [0.15, 0.2) is 17.7 Å². The minimum Gasteiger partial charge on any atom is -0.494 e. The molecule has 0 bridgehead atoms. The highest BCUT2D eigenvalue weighted by molar-refractivity contribution is 6.01. The van der Waals surface area contributed by atoms with Crippen LogP contribution in [0, 0.1) is 19.7 Å². The number of methoxy groups -OCH3 is 1. The minimum absolute atomic E-state index is 0.123. The van der Waals surface area contributed by atoms with Crippen molar-refractivity contribution >= 4 is 17.8 Å². The largest absolute Gasteiger partial charge is 0.494 e. The van der Waals surface area contributed by atoms with Gasteiger partial charge in [0, 0.05) is 11.6 Å². The van der Waals surface area contributed by atoms with E-state index in [1.165, 1.54) is 32.2 Å². The van der Waals surface area contributed by atoms with Crippen LogP contribution in [0.3, 0.4) is 0 Å². The average Bonchev–Trinajstić information content (AvgIpc) is 2.61. The fraction of sp³-hybridized carbons (Fsp3) is 0.238. The summed E-state index contributed by atoms with van der Waals surface area (Å²) in [4.78, 5) is 24.3. The van der Waals surface area contributed by atoms with Gasteiger partial charge in [0.1, 0.15) is 0 Å². The Morgan fingerprint density at radius 3 is 2.42 bits per heavy atom. The van der Waals surface area contributed by atoms with Gasteiger partial charge in [0.05, 0.1) is 7.11 Å². The van der Waals surface area contributed by atoms with Crippen LogP contribution in [0.2, 0.25) is 0 Å². The molecule has 0 spiro atoms. The Labute approximate surface area is 152 Å². The highest BCUT2D eigenvalue weighted by Crippen LogP contribution is 2.18. The Morgan fingerprint density at radius 2 is 1.81 bits per heavy atom. The zero-order valence-corrected chi connectivity index (χ0v) is 15.2. The number of rotatable bonds is 6. The summed E-state index contributed by atoms with van der Waals surface area (Å²) in [7, 11) is 1.37. The average molecular weight is 356 g/mol. The molecule has 2 rings (SSSR count). The fourth-order valence-electron chi connectivity index (χ4n) is 2.35. The van der Waals surface area contributed by atoms with Crippen molar-refractivity contribution < 1.29 is 23.5 Å². The molecule has 4 nitrogen and oxygen atoms in total. The Hall–Kier alpha value is -2.95. The zero-order chi connectivity index (χ0) is 19.3. The van der Waals surface area contributed by atoms with Crippen molar-refractivity contribution in [2.45, 2.75) is 26.9 Å². The molecule has 0 unspecified atom stereocenters. The minimum atomic E-state index is -0.915. The van der Waals surface area contributed by atoms with Gasteiger partial charge < -0.3 is 9.47 Å². The first-order valence-corrected chi connectivity index (χ1v) is 8.15. The molecule has 0 fully saturated rings. The lowest BCUT2D eigenvalue weighted by Crippen LogP contribution is -2.23. The lowest BCUT2D eigenvalue weighted by atomic mass is 10.0. The van der Waals surface area contributed by atoms with Gasteiger partial charge >= 0.3 is 5.97 Å². The van der Waals surface area contributed by atoms with Crippen molar-refractivity contribution in [3.05, 3.63) is 70.5 Å². The number of ketones is 1. The molecule has 0 aliphatic heterocycles. The lowest BCUT2D eigenvalue weighted by Gasteiger charge is -2.12. The normalized spacial score (nSPS) is 12.0. The molecule has 1 atom stereocenters. The van der Waals surface area contributed by atoms with E-state index in [1.807, 2.05) is 19.9 Å². The molecule has 0 saturated carbocycles. The molecule has 0 saturated heterocycles. The van der Waals surface area contributed by atoms with E-state index in [9.17, 15) is 14.0 Å². The maximum Gasteiger partial charge on any atom is 0.331 e. The first-order valence-electron chi connectivity index (χ1n) is 8.15. The van der Waals surface area contributed by atoms with Crippen LogP contribution >= 0.6 is 0 Å². The van der Waals surface area contributed by atoms with Crippen LogP contribution in [0.4, 0.5) is 4.39 Å². The van der Waals surface area contributed by atoms with Crippen molar-refractivity contribution in [3.63, 3.8) is 0 Å². The summed E-state index contributed by atoms with van der Waals surface area (Å²) in [5.74, 6) is -1.35. The maximum absolute atomic E-state index is 13.6. The molecule has 0 heterocycles. The van der Waals surface area contributed by atoms with Gasteiger partial charge in [-0.1, -0.05) is 18.2 Å². The van der Waals surface area contributed by atoms with E-state index in [0.29, 0.717) is 11.1 Å².